The second-order valence-corrected chi connectivity index (χ2v) is 8.96. The number of rotatable bonds is 9. The van der Waals surface area contributed by atoms with Crippen LogP contribution in [0.4, 0.5) is 0 Å². The van der Waals surface area contributed by atoms with E-state index < -0.39 is 10.0 Å². The molecule has 0 atom stereocenters. The number of ether oxygens (including phenoxy) is 2. The molecule has 1 heterocycles. The molecule has 164 valence electrons. The highest BCUT2D eigenvalue weighted by atomic mass is 32.2. The van der Waals surface area contributed by atoms with E-state index in [4.69, 9.17) is 9.47 Å². The van der Waals surface area contributed by atoms with Crippen LogP contribution in [0.25, 0.3) is 5.69 Å². The van der Waals surface area contributed by atoms with Gasteiger partial charge in [0, 0.05) is 18.5 Å². The molecule has 0 aliphatic heterocycles. The molecule has 1 fully saturated rings. The quantitative estimate of drug-likeness (QED) is 0.541. The zero-order valence-electron chi connectivity index (χ0n) is 17.3. The number of sulfonamides is 1. The molecule has 9 nitrogen and oxygen atoms in total. The number of benzene rings is 2. The van der Waals surface area contributed by atoms with E-state index in [2.05, 4.69) is 9.82 Å². The number of hydrogen-bond acceptors (Lipinski definition) is 6. The lowest BCUT2D eigenvalue weighted by Crippen LogP contribution is -2.32. The van der Waals surface area contributed by atoms with Gasteiger partial charge in [0.25, 0.3) is 0 Å². The van der Waals surface area contributed by atoms with Crippen molar-refractivity contribution in [2.75, 3.05) is 20.8 Å². The Balaban J connectivity index is 1.55. The molecule has 1 saturated carbocycles. The third kappa shape index (κ3) is 4.35. The minimum absolute atomic E-state index is 0.00147. The van der Waals surface area contributed by atoms with Crippen molar-refractivity contribution in [2.45, 2.75) is 30.2 Å². The number of methoxy groups -OCH3 is 2. The van der Waals surface area contributed by atoms with Crippen molar-refractivity contribution < 1.29 is 17.9 Å². The van der Waals surface area contributed by atoms with Crippen molar-refractivity contribution in [2.24, 2.45) is 0 Å². The van der Waals surface area contributed by atoms with Gasteiger partial charge in [-0.05, 0) is 37.1 Å². The van der Waals surface area contributed by atoms with Gasteiger partial charge in [-0.1, -0.05) is 18.2 Å². The highest BCUT2D eigenvalue weighted by Crippen LogP contribution is 2.39. The van der Waals surface area contributed by atoms with Gasteiger partial charge in [0.1, 0.15) is 22.2 Å². The predicted octanol–water partition coefficient (Wildman–Crippen LogP) is 1.91. The lowest BCUT2D eigenvalue weighted by Gasteiger charge is -2.12. The van der Waals surface area contributed by atoms with Gasteiger partial charge in [-0.2, -0.15) is 5.10 Å². The lowest BCUT2D eigenvalue weighted by molar-refractivity contribution is 0.392. The Morgan fingerprint density at radius 2 is 1.84 bits per heavy atom. The van der Waals surface area contributed by atoms with Crippen LogP contribution in [0.2, 0.25) is 0 Å². The standard InChI is InChI=1S/C21H24N4O5S/c1-29-17-10-11-18(30-2)19(14-17)31(27,28)22-12-13-24-21(26)25(16-6-4-3-5-7-16)20(23-24)15-8-9-15/h3-7,10-11,14-15,22H,8-9,12-13H2,1-2H3. The Labute approximate surface area is 180 Å². The van der Waals surface area contributed by atoms with E-state index in [0.717, 1.165) is 18.5 Å². The molecule has 1 N–H and O–H groups in total. The van der Waals surface area contributed by atoms with E-state index in [0.29, 0.717) is 11.6 Å². The fourth-order valence-corrected chi connectivity index (χ4v) is 4.56. The summed E-state index contributed by atoms with van der Waals surface area (Å²) in [6.07, 6.45) is 1.98. The Bertz CT molecular complexity index is 1230. The van der Waals surface area contributed by atoms with Crippen LogP contribution in [0.1, 0.15) is 24.6 Å². The van der Waals surface area contributed by atoms with Gasteiger partial charge in [0.05, 0.1) is 26.5 Å². The van der Waals surface area contributed by atoms with Gasteiger partial charge in [-0.15, -0.1) is 0 Å². The molecule has 0 radical (unpaired) electrons. The zero-order chi connectivity index (χ0) is 22.0. The van der Waals surface area contributed by atoms with Crippen molar-refractivity contribution in [3.05, 3.63) is 64.8 Å². The van der Waals surface area contributed by atoms with Crippen molar-refractivity contribution in [3.63, 3.8) is 0 Å². The van der Waals surface area contributed by atoms with E-state index >= 15 is 0 Å². The van der Waals surface area contributed by atoms with Crippen LogP contribution in [0.5, 0.6) is 11.5 Å². The van der Waals surface area contributed by atoms with Gasteiger partial charge in [0.2, 0.25) is 10.0 Å². The second kappa shape index (κ2) is 8.56. The summed E-state index contributed by atoms with van der Waals surface area (Å²) >= 11 is 0. The monoisotopic (exact) mass is 444 g/mol. The SMILES string of the molecule is COc1ccc(OC)c(S(=O)(=O)NCCn2nc(C3CC3)n(-c3ccccc3)c2=O)c1. The summed E-state index contributed by atoms with van der Waals surface area (Å²) in [5, 5.41) is 4.49. The molecule has 1 aliphatic carbocycles. The molecule has 1 aromatic heterocycles. The van der Waals surface area contributed by atoms with Crippen molar-refractivity contribution in [1.29, 1.82) is 0 Å². The molecule has 0 saturated heterocycles. The fourth-order valence-electron chi connectivity index (χ4n) is 3.35. The molecule has 0 unspecified atom stereocenters. The molecule has 4 rings (SSSR count). The fraction of sp³-hybridized carbons (Fsp3) is 0.333. The summed E-state index contributed by atoms with van der Waals surface area (Å²) in [4.78, 5) is 12.9. The summed E-state index contributed by atoms with van der Waals surface area (Å²) in [6.45, 7) is 0.0996. The first kappa shape index (κ1) is 21.1. The predicted molar refractivity (Wildman–Crippen MR) is 115 cm³/mol. The molecule has 10 heteroatoms. The van der Waals surface area contributed by atoms with Crippen LogP contribution in [0.15, 0.2) is 58.2 Å². The number of aromatic nitrogens is 3. The minimum atomic E-state index is -3.88. The van der Waals surface area contributed by atoms with E-state index in [1.165, 1.54) is 31.0 Å². The Hall–Kier alpha value is -3.11. The van der Waals surface area contributed by atoms with Crippen LogP contribution in [0, 0.1) is 0 Å². The topological polar surface area (TPSA) is 104 Å². The van der Waals surface area contributed by atoms with Crippen LogP contribution >= 0.6 is 0 Å². The summed E-state index contributed by atoms with van der Waals surface area (Å²) in [5.41, 5.74) is 0.466. The average molecular weight is 445 g/mol. The summed E-state index contributed by atoms with van der Waals surface area (Å²) in [6, 6.07) is 13.9. The molecular weight excluding hydrogens is 420 g/mol. The summed E-state index contributed by atoms with van der Waals surface area (Å²) in [7, 11) is -1.03. The first-order valence-electron chi connectivity index (χ1n) is 9.91. The van der Waals surface area contributed by atoms with Gasteiger partial charge < -0.3 is 9.47 Å². The Morgan fingerprint density at radius 1 is 1.10 bits per heavy atom. The zero-order valence-corrected chi connectivity index (χ0v) is 18.1. The minimum Gasteiger partial charge on any atom is -0.497 e. The van der Waals surface area contributed by atoms with Crippen molar-refractivity contribution in [3.8, 4) is 17.2 Å². The first-order valence-corrected chi connectivity index (χ1v) is 11.4. The largest absolute Gasteiger partial charge is 0.497 e. The average Bonchev–Trinajstić information content (AvgIpc) is 3.58. The highest BCUT2D eigenvalue weighted by molar-refractivity contribution is 7.89. The van der Waals surface area contributed by atoms with Crippen LogP contribution in [-0.4, -0.2) is 43.5 Å². The summed E-state index contributed by atoms with van der Waals surface area (Å²) < 4.78 is 41.3. The van der Waals surface area contributed by atoms with E-state index in [1.807, 2.05) is 30.3 Å². The van der Waals surface area contributed by atoms with Gasteiger partial charge >= 0.3 is 5.69 Å². The van der Waals surface area contributed by atoms with Crippen molar-refractivity contribution >= 4 is 10.0 Å². The van der Waals surface area contributed by atoms with Crippen LogP contribution < -0.4 is 19.9 Å². The van der Waals surface area contributed by atoms with Crippen LogP contribution in [-0.2, 0) is 16.6 Å². The first-order chi connectivity index (χ1) is 14.9. The summed E-state index contributed by atoms with van der Waals surface area (Å²) in [5.74, 6) is 1.57. The molecule has 0 bridgehead atoms. The molecule has 3 aromatic rings. The van der Waals surface area contributed by atoms with Gasteiger partial charge in [0.15, 0.2) is 0 Å². The lowest BCUT2D eigenvalue weighted by atomic mass is 10.3. The van der Waals surface area contributed by atoms with Gasteiger partial charge in [-0.3, -0.25) is 0 Å². The number of nitrogens with one attached hydrogen (secondary N) is 1. The highest BCUT2D eigenvalue weighted by Gasteiger charge is 2.31. The Morgan fingerprint density at radius 3 is 2.48 bits per heavy atom. The van der Waals surface area contributed by atoms with E-state index in [-0.39, 0.29) is 35.3 Å². The van der Waals surface area contributed by atoms with Gasteiger partial charge in [-0.25, -0.2) is 27.2 Å². The van der Waals surface area contributed by atoms with Crippen molar-refractivity contribution in [1.82, 2.24) is 19.1 Å². The molecule has 1 aliphatic rings. The Kier molecular flexibility index (Phi) is 5.84. The molecule has 0 spiro atoms. The number of hydrogen-bond donors (Lipinski definition) is 1. The third-order valence-corrected chi connectivity index (χ3v) is 6.58. The number of nitrogens with zero attached hydrogens (tertiary/aromatic N) is 3. The number of para-hydroxylation sites is 1. The maximum absolute atomic E-state index is 13.0. The van der Waals surface area contributed by atoms with E-state index in [1.54, 1.807) is 10.6 Å². The molecule has 31 heavy (non-hydrogen) atoms. The van der Waals surface area contributed by atoms with E-state index in [9.17, 15) is 13.2 Å². The maximum atomic E-state index is 13.0. The smallest absolute Gasteiger partial charge is 0.350 e. The molecule has 2 aromatic carbocycles. The molecule has 0 amide bonds. The van der Waals surface area contributed by atoms with Crippen LogP contribution in [0.3, 0.4) is 0 Å². The normalized spacial score (nSPS) is 13.9. The third-order valence-electron chi connectivity index (χ3n) is 5.10. The maximum Gasteiger partial charge on any atom is 0.350 e. The second-order valence-electron chi connectivity index (χ2n) is 7.22. The molecular formula is C21H24N4O5S.